The first-order valence-electron chi connectivity index (χ1n) is 16.9. The molecule has 0 unspecified atom stereocenters. The summed E-state index contributed by atoms with van der Waals surface area (Å²) in [7, 11) is 0. The van der Waals surface area contributed by atoms with E-state index in [1.54, 1.807) is 0 Å². The van der Waals surface area contributed by atoms with E-state index < -0.39 is 0 Å². The van der Waals surface area contributed by atoms with Crippen LogP contribution in [0.15, 0.2) is 159 Å². The molecule has 0 saturated carbocycles. The van der Waals surface area contributed by atoms with Crippen molar-refractivity contribution >= 4 is 0 Å². The Kier molecular flexibility index (Phi) is 7.65. The fourth-order valence-corrected chi connectivity index (χ4v) is 6.97. The second-order valence-corrected chi connectivity index (χ2v) is 12.7. The third kappa shape index (κ3) is 5.92. The number of rotatable bonds is 6. The SMILES string of the molecule is c1ccc(C(c2ccccc2)n2nc3nc2Cn2cc[n+](c2)Cc2nc(nn2C(c2ccccc2)c2ccccc2)Cn2cc[n+](c2)C3)cc1. The molecule has 0 atom stereocenters. The van der Waals surface area contributed by atoms with Crippen molar-refractivity contribution in [2.45, 2.75) is 38.3 Å². The average Bonchev–Trinajstić information content (AvgIpc) is 3.96. The molecule has 0 saturated heterocycles. The minimum absolute atomic E-state index is 0.127. The predicted molar refractivity (Wildman–Crippen MR) is 186 cm³/mol. The quantitative estimate of drug-likeness (QED) is 0.241. The number of hydrogen-bond donors (Lipinski definition) is 0. The molecule has 5 heterocycles. The summed E-state index contributed by atoms with van der Waals surface area (Å²) in [5.41, 5.74) is 4.63. The first-order valence-corrected chi connectivity index (χ1v) is 16.9. The van der Waals surface area contributed by atoms with Gasteiger partial charge in [0.15, 0.2) is 36.4 Å². The van der Waals surface area contributed by atoms with Crippen molar-refractivity contribution < 1.29 is 9.13 Å². The summed E-state index contributed by atoms with van der Waals surface area (Å²) < 4.78 is 12.8. The predicted octanol–water partition coefficient (Wildman–Crippen LogP) is 4.83. The Hall–Kier alpha value is -6.42. The van der Waals surface area contributed by atoms with Crippen molar-refractivity contribution in [2.75, 3.05) is 0 Å². The molecule has 0 N–H and O–H groups in total. The van der Waals surface area contributed by atoms with E-state index in [4.69, 9.17) is 20.2 Å². The maximum atomic E-state index is 5.18. The zero-order chi connectivity index (χ0) is 33.3. The van der Waals surface area contributed by atoms with E-state index in [-0.39, 0.29) is 12.1 Å². The molecule has 1 aliphatic rings. The molecule has 0 amide bonds. The van der Waals surface area contributed by atoms with Gasteiger partial charge in [-0.3, -0.25) is 0 Å². The average molecular weight is 657 g/mol. The monoisotopic (exact) mass is 656 g/mol. The number of imidazole rings is 2. The van der Waals surface area contributed by atoms with Gasteiger partial charge >= 0.3 is 0 Å². The van der Waals surface area contributed by atoms with Crippen LogP contribution in [0.25, 0.3) is 0 Å². The second kappa shape index (κ2) is 12.9. The lowest BCUT2D eigenvalue weighted by Gasteiger charge is -2.20. The summed E-state index contributed by atoms with van der Waals surface area (Å²) in [4.78, 5) is 10.3. The van der Waals surface area contributed by atoms with Crippen LogP contribution in [-0.2, 0) is 26.2 Å². The van der Waals surface area contributed by atoms with Crippen LogP contribution in [0.1, 0.15) is 57.6 Å². The highest BCUT2D eigenvalue weighted by Crippen LogP contribution is 2.29. The first-order chi connectivity index (χ1) is 24.7. The summed E-state index contributed by atoms with van der Waals surface area (Å²) >= 11 is 0. The van der Waals surface area contributed by atoms with Crippen molar-refractivity contribution in [3.63, 3.8) is 0 Å². The molecule has 244 valence electrons. The van der Waals surface area contributed by atoms with Gasteiger partial charge in [0.05, 0.1) is 0 Å². The van der Waals surface area contributed by atoms with Gasteiger partial charge in [-0.1, -0.05) is 121 Å². The van der Waals surface area contributed by atoms with Crippen LogP contribution in [0.5, 0.6) is 0 Å². The van der Waals surface area contributed by atoms with Crippen molar-refractivity contribution in [3.8, 4) is 0 Å². The van der Waals surface area contributed by atoms with Crippen molar-refractivity contribution in [3.05, 3.63) is 204 Å². The number of fused-ring (bicyclic) bond motifs is 8. The molecule has 0 aliphatic carbocycles. The van der Waals surface area contributed by atoms with E-state index in [1.165, 1.54) is 0 Å². The Morgan fingerprint density at radius 1 is 0.460 bits per heavy atom. The van der Waals surface area contributed by atoms with Crippen molar-refractivity contribution in [1.29, 1.82) is 0 Å². The van der Waals surface area contributed by atoms with E-state index in [1.807, 2.05) is 0 Å². The van der Waals surface area contributed by atoms with Gasteiger partial charge in [0.2, 0.25) is 12.7 Å². The highest BCUT2D eigenvalue weighted by atomic mass is 15.4. The lowest BCUT2D eigenvalue weighted by Crippen LogP contribution is -2.34. The maximum absolute atomic E-state index is 5.18. The van der Waals surface area contributed by atoms with Gasteiger partial charge in [0.1, 0.15) is 50.0 Å². The number of nitrogens with zero attached hydrogens (tertiary/aromatic N) is 10. The normalized spacial score (nSPS) is 12.8. The molecular formula is C40H36N10+2. The van der Waals surface area contributed by atoms with E-state index >= 15 is 0 Å². The largest absolute Gasteiger partial charge is 0.244 e. The molecule has 1 aliphatic heterocycles. The van der Waals surface area contributed by atoms with Gasteiger partial charge in [-0.2, -0.15) is 10.2 Å². The van der Waals surface area contributed by atoms with Gasteiger partial charge in [-0.05, 0) is 22.3 Å². The smallest absolute Gasteiger partial charge is 0.234 e. The molecule has 9 rings (SSSR count). The van der Waals surface area contributed by atoms with E-state index in [2.05, 4.69) is 186 Å². The van der Waals surface area contributed by atoms with Crippen LogP contribution < -0.4 is 9.13 Å². The number of hydrogen-bond acceptors (Lipinski definition) is 4. The zero-order valence-electron chi connectivity index (χ0n) is 27.5. The lowest BCUT2D eigenvalue weighted by molar-refractivity contribution is -0.689. The third-order valence-electron chi connectivity index (χ3n) is 9.23. The van der Waals surface area contributed by atoms with Gasteiger partial charge in [-0.15, -0.1) is 0 Å². The fraction of sp³-hybridized carbons (Fsp3) is 0.150. The molecule has 10 heteroatoms. The van der Waals surface area contributed by atoms with Crippen molar-refractivity contribution in [1.82, 2.24) is 38.7 Å². The molecule has 0 spiro atoms. The molecule has 4 aromatic heterocycles. The summed E-state index contributed by atoms with van der Waals surface area (Å²) in [5, 5.41) is 10.4. The Labute approximate surface area is 289 Å². The highest BCUT2D eigenvalue weighted by Gasteiger charge is 2.27. The van der Waals surface area contributed by atoms with Gasteiger partial charge in [0.25, 0.3) is 0 Å². The standard InChI is InChI=1S/C40H36N10/c1-5-13-31(14-6-1)39(32-15-7-2-8-16-32)49-37-27-47-23-24-48(30-47)28-38-42-36(26-46-22-21-45(29-46)25-35(41-37)43-49)44-50(38)40(33-17-9-3-10-18-33)34-19-11-4-12-20-34/h1-24,29-30,39-40H,25-28H2/q+2. The lowest BCUT2D eigenvalue weighted by atomic mass is 9.99. The van der Waals surface area contributed by atoms with Crippen LogP contribution in [0, 0.1) is 0 Å². The molecule has 8 aromatic rings. The highest BCUT2D eigenvalue weighted by molar-refractivity contribution is 5.34. The Morgan fingerprint density at radius 2 is 0.880 bits per heavy atom. The summed E-state index contributed by atoms with van der Waals surface area (Å²) in [6.45, 7) is 2.17. The Bertz CT molecular complexity index is 2100. The summed E-state index contributed by atoms with van der Waals surface area (Å²) in [6, 6.07) is 42.0. The van der Waals surface area contributed by atoms with Crippen LogP contribution in [0.3, 0.4) is 0 Å². The number of benzene rings is 4. The third-order valence-corrected chi connectivity index (χ3v) is 9.23. The van der Waals surface area contributed by atoms with Crippen LogP contribution in [-0.4, -0.2) is 38.7 Å². The van der Waals surface area contributed by atoms with Crippen LogP contribution in [0.4, 0.5) is 0 Å². The number of aromatic nitrogens is 10. The molecule has 8 bridgehead atoms. The summed E-state index contributed by atoms with van der Waals surface area (Å²) in [6.07, 6.45) is 12.5. The van der Waals surface area contributed by atoms with E-state index in [9.17, 15) is 0 Å². The van der Waals surface area contributed by atoms with Gasteiger partial charge in [-0.25, -0.2) is 37.6 Å². The molecule has 4 aromatic carbocycles. The molecule has 0 fully saturated rings. The van der Waals surface area contributed by atoms with Gasteiger partial charge in [0, 0.05) is 0 Å². The van der Waals surface area contributed by atoms with E-state index in [0.29, 0.717) is 26.2 Å². The maximum Gasteiger partial charge on any atom is 0.244 e. The zero-order valence-corrected chi connectivity index (χ0v) is 27.5. The fourth-order valence-electron chi connectivity index (χ4n) is 6.97. The molecule has 50 heavy (non-hydrogen) atoms. The molecular weight excluding hydrogens is 621 g/mol. The Balaban J connectivity index is 1.15. The van der Waals surface area contributed by atoms with E-state index in [0.717, 1.165) is 45.6 Å². The molecule has 10 nitrogen and oxygen atoms in total. The Morgan fingerprint density at radius 3 is 1.40 bits per heavy atom. The minimum atomic E-state index is -0.127. The first kappa shape index (κ1) is 29.7. The topological polar surface area (TPSA) is 79.0 Å². The van der Waals surface area contributed by atoms with Gasteiger partial charge < -0.3 is 0 Å². The molecule has 0 radical (unpaired) electrons. The van der Waals surface area contributed by atoms with Crippen molar-refractivity contribution in [2.24, 2.45) is 0 Å². The van der Waals surface area contributed by atoms with Crippen LogP contribution >= 0.6 is 0 Å². The summed E-state index contributed by atoms with van der Waals surface area (Å²) in [5.74, 6) is 3.27. The second-order valence-electron chi connectivity index (χ2n) is 12.7. The van der Waals surface area contributed by atoms with Crippen LogP contribution in [0.2, 0.25) is 0 Å². The minimum Gasteiger partial charge on any atom is -0.234 e.